The summed E-state index contributed by atoms with van der Waals surface area (Å²) in [7, 11) is 0. The van der Waals surface area contributed by atoms with Crippen molar-refractivity contribution in [2.75, 3.05) is 32.7 Å². The standard InChI is InChI=1S/C18H24FN3O2/c1-13-14(2)24-18(20-13)12-22-8-6-21(7-9-22)11-17(23)15-4-3-5-16(19)10-15/h3-5,10,17,23H,6-9,11-12H2,1-2H3/t17-/m1/s1. The van der Waals surface area contributed by atoms with Gasteiger partial charge in [0.1, 0.15) is 11.6 Å². The van der Waals surface area contributed by atoms with Crippen molar-refractivity contribution in [1.29, 1.82) is 0 Å². The molecule has 0 aliphatic carbocycles. The van der Waals surface area contributed by atoms with Gasteiger partial charge in [0.15, 0.2) is 0 Å². The molecule has 130 valence electrons. The van der Waals surface area contributed by atoms with Gasteiger partial charge in [0.2, 0.25) is 5.89 Å². The van der Waals surface area contributed by atoms with E-state index in [-0.39, 0.29) is 5.82 Å². The van der Waals surface area contributed by atoms with Crippen LogP contribution >= 0.6 is 0 Å². The third-order valence-corrected chi connectivity index (χ3v) is 4.56. The monoisotopic (exact) mass is 333 g/mol. The summed E-state index contributed by atoms with van der Waals surface area (Å²) in [5, 5.41) is 10.3. The van der Waals surface area contributed by atoms with Crippen molar-refractivity contribution in [1.82, 2.24) is 14.8 Å². The molecule has 2 heterocycles. The van der Waals surface area contributed by atoms with Crippen molar-refractivity contribution < 1.29 is 13.9 Å². The van der Waals surface area contributed by atoms with Gasteiger partial charge >= 0.3 is 0 Å². The van der Waals surface area contributed by atoms with Gasteiger partial charge < -0.3 is 9.52 Å². The zero-order valence-corrected chi connectivity index (χ0v) is 14.2. The van der Waals surface area contributed by atoms with E-state index in [1.807, 2.05) is 13.8 Å². The maximum Gasteiger partial charge on any atom is 0.208 e. The first kappa shape index (κ1) is 17.1. The lowest BCUT2D eigenvalue weighted by atomic mass is 10.1. The molecule has 0 unspecified atom stereocenters. The van der Waals surface area contributed by atoms with Gasteiger partial charge in [0.05, 0.1) is 18.3 Å². The largest absolute Gasteiger partial charge is 0.444 e. The maximum atomic E-state index is 13.2. The molecule has 1 aromatic carbocycles. The van der Waals surface area contributed by atoms with Gasteiger partial charge in [0, 0.05) is 32.7 Å². The molecule has 2 aromatic rings. The molecule has 0 radical (unpaired) electrons. The fraction of sp³-hybridized carbons (Fsp3) is 0.500. The highest BCUT2D eigenvalue weighted by Crippen LogP contribution is 2.17. The first-order valence-corrected chi connectivity index (χ1v) is 8.32. The van der Waals surface area contributed by atoms with Gasteiger partial charge in [-0.2, -0.15) is 0 Å². The number of β-amino-alcohol motifs (C(OH)–C–C–N with tert-alkyl or cyclic N) is 1. The summed E-state index contributed by atoms with van der Waals surface area (Å²) in [5.41, 5.74) is 1.57. The second-order valence-electron chi connectivity index (χ2n) is 6.40. The van der Waals surface area contributed by atoms with Crippen LogP contribution in [0.5, 0.6) is 0 Å². The van der Waals surface area contributed by atoms with Crippen LogP contribution in [0.25, 0.3) is 0 Å². The molecule has 1 aliphatic heterocycles. The lowest BCUT2D eigenvalue weighted by Gasteiger charge is -2.35. The molecular weight excluding hydrogens is 309 g/mol. The van der Waals surface area contributed by atoms with Crippen LogP contribution in [0.15, 0.2) is 28.7 Å². The number of aromatic nitrogens is 1. The number of aliphatic hydroxyl groups is 1. The van der Waals surface area contributed by atoms with Gasteiger partial charge in [-0.15, -0.1) is 0 Å². The summed E-state index contributed by atoms with van der Waals surface area (Å²) in [5.74, 6) is 1.33. The van der Waals surface area contributed by atoms with E-state index in [1.54, 1.807) is 12.1 Å². The van der Waals surface area contributed by atoms with Gasteiger partial charge in [0.25, 0.3) is 0 Å². The molecule has 0 bridgehead atoms. The smallest absolute Gasteiger partial charge is 0.208 e. The topological polar surface area (TPSA) is 52.7 Å². The SMILES string of the molecule is Cc1nc(CN2CCN(C[C@@H](O)c3cccc(F)c3)CC2)oc1C. The fourth-order valence-electron chi connectivity index (χ4n) is 2.99. The summed E-state index contributed by atoms with van der Waals surface area (Å²) in [4.78, 5) is 8.93. The second kappa shape index (κ2) is 7.42. The number of halogens is 1. The third kappa shape index (κ3) is 4.20. The van der Waals surface area contributed by atoms with E-state index in [2.05, 4.69) is 14.8 Å². The van der Waals surface area contributed by atoms with Crippen LogP contribution in [-0.4, -0.2) is 52.6 Å². The zero-order valence-electron chi connectivity index (χ0n) is 14.2. The van der Waals surface area contributed by atoms with Gasteiger partial charge in [-0.1, -0.05) is 12.1 Å². The van der Waals surface area contributed by atoms with Crippen LogP contribution in [0.4, 0.5) is 4.39 Å². The number of rotatable bonds is 5. The van der Waals surface area contributed by atoms with E-state index >= 15 is 0 Å². The minimum Gasteiger partial charge on any atom is -0.444 e. The van der Waals surface area contributed by atoms with Crippen LogP contribution in [0.1, 0.15) is 29.0 Å². The fourth-order valence-corrected chi connectivity index (χ4v) is 2.99. The van der Waals surface area contributed by atoms with Crippen molar-refractivity contribution in [3.05, 3.63) is 53.0 Å². The highest BCUT2D eigenvalue weighted by Gasteiger charge is 2.21. The van der Waals surface area contributed by atoms with E-state index < -0.39 is 6.10 Å². The summed E-state index contributed by atoms with van der Waals surface area (Å²) in [6, 6.07) is 6.18. The Kier molecular flexibility index (Phi) is 5.28. The molecule has 1 aliphatic rings. The van der Waals surface area contributed by atoms with Crippen molar-refractivity contribution >= 4 is 0 Å². The average molecular weight is 333 g/mol. The van der Waals surface area contributed by atoms with Crippen LogP contribution in [0, 0.1) is 19.7 Å². The Morgan fingerprint density at radius 3 is 2.54 bits per heavy atom. The Morgan fingerprint density at radius 1 is 1.21 bits per heavy atom. The van der Waals surface area contributed by atoms with E-state index in [1.165, 1.54) is 12.1 Å². The number of aliphatic hydroxyl groups excluding tert-OH is 1. The number of oxazole rings is 1. The summed E-state index contributed by atoms with van der Waals surface area (Å²) < 4.78 is 18.9. The molecule has 1 saturated heterocycles. The highest BCUT2D eigenvalue weighted by molar-refractivity contribution is 5.19. The molecule has 5 nitrogen and oxygen atoms in total. The molecule has 1 atom stereocenters. The minimum atomic E-state index is -0.663. The summed E-state index contributed by atoms with van der Waals surface area (Å²) in [6.07, 6.45) is -0.663. The van der Waals surface area contributed by atoms with Crippen LogP contribution in [0.3, 0.4) is 0 Å². The zero-order chi connectivity index (χ0) is 17.1. The van der Waals surface area contributed by atoms with Crippen LogP contribution < -0.4 is 0 Å². The quantitative estimate of drug-likeness (QED) is 0.910. The normalized spacial score (nSPS) is 18.0. The van der Waals surface area contributed by atoms with Crippen molar-refractivity contribution in [3.63, 3.8) is 0 Å². The lowest BCUT2D eigenvalue weighted by Crippen LogP contribution is -2.47. The van der Waals surface area contributed by atoms with Crippen molar-refractivity contribution in [2.24, 2.45) is 0 Å². The third-order valence-electron chi connectivity index (χ3n) is 4.56. The second-order valence-corrected chi connectivity index (χ2v) is 6.40. The minimum absolute atomic E-state index is 0.312. The predicted molar refractivity (Wildman–Crippen MR) is 89.1 cm³/mol. The Morgan fingerprint density at radius 2 is 1.92 bits per heavy atom. The van der Waals surface area contributed by atoms with Gasteiger partial charge in [-0.25, -0.2) is 9.37 Å². The van der Waals surface area contributed by atoms with Crippen molar-refractivity contribution in [3.8, 4) is 0 Å². The van der Waals surface area contributed by atoms with Gasteiger partial charge in [-0.3, -0.25) is 9.80 Å². The Hall–Kier alpha value is -1.76. The molecule has 3 rings (SSSR count). The number of hydrogen-bond acceptors (Lipinski definition) is 5. The van der Waals surface area contributed by atoms with E-state index in [0.717, 1.165) is 50.1 Å². The molecule has 1 fully saturated rings. The first-order chi connectivity index (χ1) is 11.5. The Labute approximate surface area is 141 Å². The Balaban J connectivity index is 1.48. The summed E-state index contributed by atoms with van der Waals surface area (Å²) in [6.45, 7) is 8.65. The van der Waals surface area contributed by atoms with E-state index in [0.29, 0.717) is 12.1 Å². The Bertz CT molecular complexity index is 661. The number of piperazine rings is 1. The number of hydrogen-bond donors (Lipinski definition) is 1. The molecule has 1 aromatic heterocycles. The number of benzene rings is 1. The molecule has 24 heavy (non-hydrogen) atoms. The van der Waals surface area contributed by atoms with Gasteiger partial charge in [-0.05, 0) is 31.5 Å². The molecule has 0 spiro atoms. The first-order valence-electron chi connectivity index (χ1n) is 8.32. The van der Waals surface area contributed by atoms with E-state index in [9.17, 15) is 9.50 Å². The molecule has 0 amide bonds. The van der Waals surface area contributed by atoms with Crippen LogP contribution in [0.2, 0.25) is 0 Å². The van der Waals surface area contributed by atoms with E-state index in [4.69, 9.17) is 4.42 Å². The van der Waals surface area contributed by atoms with Crippen molar-refractivity contribution in [2.45, 2.75) is 26.5 Å². The molecule has 1 N–H and O–H groups in total. The summed E-state index contributed by atoms with van der Waals surface area (Å²) >= 11 is 0. The highest BCUT2D eigenvalue weighted by atomic mass is 19.1. The molecule has 6 heteroatoms. The average Bonchev–Trinajstić information content (AvgIpc) is 2.87. The predicted octanol–water partition coefficient (Wildman–Crippen LogP) is 2.28. The van der Waals surface area contributed by atoms with Crippen LogP contribution in [-0.2, 0) is 6.54 Å². The molecular formula is C18H24FN3O2. The maximum absolute atomic E-state index is 13.2. The molecule has 0 saturated carbocycles. The number of nitrogens with zero attached hydrogens (tertiary/aromatic N) is 3. The lowest BCUT2D eigenvalue weighted by molar-refractivity contribution is 0.0669. The number of aryl methyl sites for hydroxylation is 2.